The number of halogens is 3. The predicted molar refractivity (Wildman–Crippen MR) is 66.6 cm³/mol. The third kappa shape index (κ3) is 5.77. The molecule has 0 aromatic heterocycles. The molecular weight excluding hydrogens is 275 g/mol. The van der Waals surface area contributed by atoms with E-state index >= 15 is 0 Å². The van der Waals surface area contributed by atoms with Gasteiger partial charge >= 0.3 is 6.18 Å². The summed E-state index contributed by atoms with van der Waals surface area (Å²) in [6, 6.07) is -0.565. The molecule has 0 radical (unpaired) electrons. The highest BCUT2D eigenvalue weighted by molar-refractivity contribution is 5.81. The molecule has 0 bridgehead atoms. The second-order valence-electron chi connectivity index (χ2n) is 4.99. The van der Waals surface area contributed by atoms with Gasteiger partial charge in [0.15, 0.2) is 0 Å². The Morgan fingerprint density at radius 2 is 1.95 bits per heavy atom. The molecule has 0 aromatic carbocycles. The summed E-state index contributed by atoms with van der Waals surface area (Å²) < 4.78 is 37.3. The van der Waals surface area contributed by atoms with Crippen LogP contribution in [0.3, 0.4) is 0 Å². The molecule has 0 aliphatic carbocycles. The zero-order chi connectivity index (χ0) is 15.2. The smallest absolute Gasteiger partial charge is 0.370 e. The zero-order valence-corrected chi connectivity index (χ0v) is 11.1. The summed E-state index contributed by atoms with van der Waals surface area (Å²) in [6.45, 7) is 0.177. The summed E-state index contributed by atoms with van der Waals surface area (Å²) in [5, 5.41) is 5.27. The molecule has 0 saturated carbocycles. The fourth-order valence-corrected chi connectivity index (χ4v) is 2.12. The Morgan fingerprint density at radius 3 is 2.45 bits per heavy atom. The van der Waals surface area contributed by atoms with Gasteiger partial charge in [-0.2, -0.15) is 13.2 Å². The number of hydrogen-bond acceptors (Lipinski definition) is 3. The molecule has 2 atom stereocenters. The fourth-order valence-electron chi connectivity index (χ4n) is 2.12. The maximum Gasteiger partial charge on any atom is 0.393 e. The maximum absolute atomic E-state index is 12.4. The Labute approximate surface area is 115 Å². The van der Waals surface area contributed by atoms with Gasteiger partial charge in [-0.15, -0.1) is 0 Å². The minimum Gasteiger partial charge on any atom is -0.370 e. The van der Waals surface area contributed by atoms with Crippen molar-refractivity contribution in [3.63, 3.8) is 0 Å². The van der Waals surface area contributed by atoms with Gasteiger partial charge in [0.2, 0.25) is 11.8 Å². The zero-order valence-electron chi connectivity index (χ0n) is 11.1. The molecule has 1 saturated heterocycles. The Bertz CT molecular complexity index is 339. The average Bonchev–Trinajstić information content (AvgIpc) is 2.37. The van der Waals surface area contributed by atoms with Gasteiger partial charge in [0.1, 0.15) is 0 Å². The van der Waals surface area contributed by atoms with Crippen LogP contribution in [-0.4, -0.2) is 37.1 Å². The van der Waals surface area contributed by atoms with E-state index in [9.17, 15) is 22.8 Å². The molecule has 5 nitrogen and oxygen atoms in total. The second kappa shape index (κ2) is 7.47. The standard InChI is InChI=1S/C12H20F3N3O2/c13-12(14,15)8-4-5-9(18-7-8)11(20)17-6-2-1-3-10(16)19/h8-9,18H,1-7H2,(H2,16,19)(H,17,20). The minimum atomic E-state index is -4.21. The molecule has 20 heavy (non-hydrogen) atoms. The predicted octanol–water partition coefficient (Wildman–Crippen LogP) is 0.689. The normalized spacial score (nSPS) is 23.4. The van der Waals surface area contributed by atoms with Crippen molar-refractivity contribution in [3.8, 4) is 0 Å². The van der Waals surface area contributed by atoms with Crippen LogP contribution in [0.1, 0.15) is 32.1 Å². The van der Waals surface area contributed by atoms with E-state index in [1.807, 2.05) is 0 Å². The summed E-state index contributed by atoms with van der Waals surface area (Å²) in [7, 11) is 0. The summed E-state index contributed by atoms with van der Waals surface area (Å²) >= 11 is 0. The lowest BCUT2D eigenvalue weighted by Crippen LogP contribution is -2.51. The number of nitrogens with two attached hydrogens (primary N) is 1. The molecule has 2 unspecified atom stereocenters. The van der Waals surface area contributed by atoms with E-state index in [4.69, 9.17) is 5.73 Å². The Balaban J connectivity index is 2.18. The molecule has 0 spiro atoms. The van der Waals surface area contributed by atoms with Crippen molar-refractivity contribution in [1.29, 1.82) is 0 Å². The van der Waals surface area contributed by atoms with E-state index in [1.165, 1.54) is 0 Å². The largest absolute Gasteiger partial charge is 0.393 e. The Kier molecular flexibility index (Phi) is 6.25. The number of carbonyl (C=O) groups excluding carboxylic acids is 2. The summed E-state index contributed by atoms with van der Waals surface area (Å²) in [5.41, 5.74) is 4.97. The van der Waals surface area contributed by atoms with Crippen molar-refractivity contribution in [2.45, 2.75) is 44.3 Å². The van der Waals surface area contributed by atoms with Crippen molar-refractivity contribution in [1.82, 2.24) is 10.6 Å². The summed E-state index contributed by atoms with van der Waals surface area (Å²) in [5.74, 6) is -2.05. The highest BCUT2D eigenvalue weighted by atomic mass is 19.4. The number of unbranched alkanes of at least 4 members (excludes halogenated alkanes) is 1. The highest BCUT2D eigenvalue weighted by Crippen LogP contribution is 2.31. The lowest BCUT2D eigenvalue weighted by molar-refractivity contribution is -0.180. The van der Waals surface area contributed by atoms with Crippen molar-refractivity contribution in [2.75, 3.05) is 13.1 Å². The number of amides is 2. The Morgan fingerprint density at radius 1 is 1.25 bits per heavy atom. The SMILES string of the molecule is NC(=O)CCCCNC(=O)C1CCC(C(F)(F)F)CN1. The number of piperidine rings is 1. The molecule has 4 N–H and O–H groups in total. The van der Waals surface area contributed by atoms with Crippen LogP contribution in [0.5, 0.6) is 0 Å². The number of rotatable bonds is 6. The first-order valence-corrected chi connectivity index (χ1v) is 6.67. The number of primary amides is 1. The second-order valence-corrected chi connectivity index (χ2v) is 4.99. The van der Waals surface area contributed by atoms with Gasteiger partial charge in [-0.25, -0.2) is 0 Å². The van der Waals surface area contributed by atoms with E-state index in [0.29, 0.717) is 19.4 Å². The molecule has 116 valence electrons. The van der Waals surface area contributed by atoms with Gasteiger partial charge < -0.3 is 16.4 Å². The van der Waals surface area contributed by atoms with Crippen LogP contribution < -0.4 is 16.4 Å². The summed E-state index contributed by atoms with van der Waals surface area (Å²) in [6.07, 6.45) is -2.59. The van der Waals surface area contributed by atoms with Crippen molar-refractivity contribution in [2.24, 2.45) is 11.7 Å². The average molecular weight is 295 g/mol. The highest BCUT2D eigenvalue weighted by Gasteiger charge is 2.42. The van der Waals surface area contributed by atoms with Crippen molar-refractivity contribution in [3.05, 3.63) is 0 Å². The first kappa shape index (κ1) is 16.7. The molecule has 8 heteroatoms. The molecule has 1 aliphatic heterocycles. The lowest BCUT2D eigenvalue weighted by atomic mass is 9.94. The molecule has 1 aliphatic rings. The Hall–Kier alpha value is -1.31. The topological polar surface area (TPSA) is 84.2 Å². The van der Waals surface area contributed by atoms with Gasteiger partial charge in [-0.05, 0) is 25.7 Å². The number of alkyl halides is 3. The number of nitrogens with one attached hydrogen (secondary N) is 2. The molecule has 1 heterocycles. The van der Waals surface area contributed by atoms with Crippen LogP contribution in [0, 0.1) is 5.92 Å². The van der Waals surface area contributed by atoms with E-state index < -0.39 is 18.1 Å². The number of hydrogen-bond donors (Lipinski definition) is 3. The van der Waals surface area contributed by atoms with Crippen LogP contribution >= 0.6 is 0 Å². The van der Waals surface area contributed by atoms with E-state index in [1.54, 1.807) is 0 Å². The third-order valence-electron chi connectivity index (χ3n) is 3.34. The minimum absolute atomic E-state index is 0.0315. The molecule has 1 rings (SSSR count). The van der Waals surface area contributed by atoms with Gasteiger partial charge in [0, 0.05) is 19.5 Å². The van der Waals surface area contributed by atoms with E-state index in [2.05, 4.69) is 10.6 Å². The lowest BCUT2D eigenvalue weighted by Gasteiger charge is -2.30. The van der Waals surface area contributed by atoms with Crippen LogP contribution in [-0.2, 0) is 9.59 Å². The van der Waals surface area contributed by atoms with Crippen LogP contribution in [0.4, 0.5) is 13.2 Å². The summed E-state index contributed by atoms with van der Waals surface area (Å²) in [4.78, 5) is 22.2. The quantitative estimate of drug-likeness (QED) is 0.630. The van der Waals surface area contributed by atoms with Crippen LogP contribution in [0.15, 0.2) is 0 Å². The van der Waals surface area contributed by atoms with Gasteiger partial charge in [0.05, 0.1) is 12.0 Å². The van der Waals surface area contributed by atoms with E-state index in [-0.39, 0.29) is 37.6 Å². The van der Waals surface area contributed by atoms with Gasteiger partial charge in [0.25, 0.3) is 0 Å². The van der Waals surface area contributed by atoms with E-state index in [0.717, 1.165) is 0 Å². The molecule has 0 aromatic rings. The third-order valence-corrected chi connectivity index (χ3v) is 3.34. The van der Waals surface area contributed by atoms with Crippen molar-refractivity contribution < 1.29 is 22.8 Å². The first-order chi connectivity index (χ1) is 9.30. The van der Waals surface area contributed by atoms with Crippen molar-refractivity contribution >= 4 is 11.8 Å². The fraction of sp³-hybridized carbons (Fsp3) is 0.833. The van der Waals surface area contributed by atoms with Crippen LogP contribution in [0.25, 0.3) is 0 Å². The molecule has 2 amide bonds. The maximum atomic E-state index is 12.4. The monoisotopic (exact) mass is 295 g/mol. The first-order valence-electron chi connectivity index (χ1n) is 6.67. The number of carbonyl (C=O) groups is 2. The van der Waals surface area contributed by atoms with Crippen LogP contribution in [0.2, 0.25) is 0 Å². The van der Waals surface area contributed by atoms with Gasteiger partial charge in [-0.3, -0.25) is 9.59 Å². The van der Waals surface area contributed by atoms with Gasteiger partial charge in [-0.1, -0.05) is 0 Å². The molecular formula is C12H20F3N3O2. The molecule has 1 fully saturated rings.